The molecule has 0 fully saturated rings. The van der Waals surface area contributed by atoms with E-state index in [1.807, 2.05) is 67.6 Å². The summed E-state index contributed by atoms with van der Waals surface area (Å²) in [6.45, 7) is 5.83. The van der Waals surface area contributed by atoms with Gasteiger partial charge >= 0.3 is 0 Å². The van der Waals surface area contributed by atoms with Gasteiger partial charge in [-0.15, -0.1) is 0 Å². The Hall–Kier alpha value is -3.31. The average molecular weight is 377 g/mol. The van der Waals surface area contributed by atoms with Crippen molar-refractivity contribution >= 4 is 24.3 Å². The number of rotatable bonds is 3. The van der Waals surface area contributed by atoms with Crippen LogP contribution in [0.2, 0.25) is 5.15 Å². The standard InChI is InChI=1S/C21H17ClN4O/c1-14-18(20(22)25(23-14)16-9-5-3-6-10-16)13-19-15(2)24-26(21(19)27)17-11-7-4-8-12-17/h3-13,24H,2H2,1H3/b19-13-. The maximum absolute atomic E-state index is 12.9. The number of hydrogen-bond donors (Lipinski definition) is 1. The lowest BCUT2D eigenvalue weighted by atomic mass is 10.2. The van der Waals surface area contributed by atoms with Crippen molar-refractivity contribution in [3.8, 4) is 11.4 Å². The third-order valence-corrected chi connectivity index (χ3v) is 4.72. The molecule has 4 rings (SSSR count). The Bertz CT molecular complexity index is 1270. The van der Waals surface area contributed by atoms with E-state index in [1.165, 1.54) is 4.68 Å². The highest BCUT2D eigenvalue weighted by molar-refractivity contribution is 6.31. The molecule has 2 heterocycles. The van der Waals surface area contributed by atoms with Gasteiger partial charge < -0.3 is 0 Å². The molecule has 0 aliphatic heterocycles. The maximum atomic E-state index is 12.9. The van der Waals surface area contributed by atoms with Gasteiger partial charge in [-0.25, -0.2) is 9.36 Å². The molecule has 0 amide bonds. The molecule has 2 aromatic carbocycles. The monoisotopic (exact) mass is 376 g/mol. The van der Waals surface area contributed by atoms with E-state index in [0.29, 0.717) is 21.3 Å². The van der Waals surface area contributed by atoms with Gasteiger partial charge in [0.05, 0.1) is 27.6 Å². The first-order chi connectivity index (χ1) is 13.1. The van der Waals surface area contributed by atoms with Crippen LogP contribution in [0.1, 0.15) is 11.3 Å². The van der Waals surface area contributed by atoms with E-state index >= 15 is 0 Å². The zero-order valence-electron chi connectivity index (χ0n) is 14.7. The zero-order chi connectivity index (χ0) is 19.0. The van der Waals surface area contributed by atoms with Crippen LogP contribution in [0.5, 0.6) is 0 Å². The molecule has 6 heteroatoms. The first-order valence-corrected chi connectivity index (χ1v) is 8.81. The molecule has 0 saturated carbocycles. The van der Waals surface area contributed by atoms with E-state index in [4.69, 9.17) is 11.6 Å². The lowest BCUT2D eigenvalue weighted by molar-refractivity contribution is 0.838. The van der Waals surface area contributed by atoms with Crippen molar-refractivity contribution < 1.29 is 0 Å². The second kappa shape index (κ2) is 6.78. The van der Waals surface area contributed by atoms with E-state index in [2.05, 4.69) is 16.8 Å². The summed E-state index contributed by atoms with van der Waals surface area (Å²) >= 11 is 6.57. The molecule has 1 N–H and O–H groups in total. The SMILES string of the molecule is C=c1[nH]n(-c2ccccc2)c(=O)/c1=C\c1c(C)nn(-c2ccccc2)c1Cl. The first kappa shape index (κ1) is 17.1. The van der Waals surface area contributed by atoms with Gasteiger partial charge in [-0.2, -0.15) is 5.10 Å². The molecule has 0 spiro atoms. The molecule has 2 aromatic heterocycles. The van der Waals surface area contributed by atoms with Gasteiger partial charge in [0.2, 0.25) is 0 Å². The lowest BCUT2D eigenvalue weighted by Crippen LogP contribution is -2.34. The largest absolute Gasteiger partial charge is 0.291 e. The number of hydrogen-bond acceptors (Lipinski definition) is 2. The molecule has 27 heavy (non-hydrogen) atoms. The van der Waals surface area contributed by atoms with Crippen molar-refractivity contribution in [2.24, 2.45) is 0 Å². The van der Waals surface area contributed by atoms with Crippen LogP contribution in [-0.4, -0.2) is 19.6 Å². The predicted molar refractivity (Wildman–Crippen MR) is 108 cm³/mol. The highest BCUT2D eigenvalue weighted by Gasteiger charge is 2.14. The summed E-state index contributed by atoms with van der Waals surface area (Å²) in [5.74, 6) is 0. The van der Waals surface area contributed by atoms with Crippen LogP contribution >= 0.6 is 11.6 Å². The van der Waals surface area contributed by atoms with E-state index in [-0.39, 0.29) is 5.56 Å². The summed E-state index contributed by atoms with van der Waals surface area (Å²) in [5.41, 5.74) is 2.84. The third kappa shape index (κ3) is 3.02. The Labute approximate surface area is 160 Å². The van der Waals surface area contributed by atoms with Crippen molar-refractivity contribution in [3.63, 3.8) is 0 Å². The number of aromatic amines is 1. The normalized spacial score (nSPS) is 11.9. The Morgan fingerprint density at radius 2 is 1.63 bits per heavy atom. The summed E-state index contributed by atoms with van der Waals surface area (Å²) in [6.07, 6.45) is 1.74. The fourth-order valence-electron chi connectivity index (χ4n) is 2.96. The molecule has 0 radical (unpaired) electrons. The van der Waals surface area contributed by atoms with Gasteiger partial charge in [0.15, 0.2) is 0 Å². The summed E-state index contributed by atoms with van der Waals surface area (Å²) in [7, 11) is 0. The van der Waals surface area contributed by atoms with Crippen LogP contribution in [0.15, 0.2) is 65.5 Å². The highest BCUT2D eigenvalue weighted by atomic mass is 35.5. The van der Waals surface area contributed by atoms with E-state index in [1.54, 1.807) is 10.8 Å². The van der Waals surface area contributed by atoms with Crippen LogP contribution in [0.4, 0.5) is 0 Å². The van der Waals surface area contributed by atoms with Gasteiger partial charge in [-0.05, 0) is 37.3 Å². The van der Waals surface area contributed by atoms with E-state index in [0.717, 1.165) is 17.1 Å². The molecule has 0 aliphatic carbocycles. The van der Waals surface area contributed by atoms with Crippen molar-refractivity contribution in [2.45, 2.75) is 6.92 Å². The molecule has 0 atom stereocenters. The number of H-pyrrole nitrogens is 1. The van der Waals surface area contributed by atoms with Gasteiger partial charge in [0, 0.05) is 5.56 Å². The summed E-state index contributed by atoms with van der Waals surface area (Å²) in [6, 6.07) is 19.0. The Morgan fingerprint density at radius 1 is 1.04 bits per heavy atom. The van der Waals surface area contributed by atoms with Crippen LogP contribution in [0, 0.1) is 6.92 Å². The Balaban J connectivity index is 1.89. The van der Waals surface area contributed by atoms with E-state index in [9.17, 15) is 4.79 Å². The third-order valence-electron chi connectivity index (χ3n) is 4.36. The second-order valence-electron chi connectivity index (χ2n) is 6.16. The van der Waals surface area contributed by atoms with Crippen LogP contribution in [0.25, 0.3) is 24.0 Å². The van der Waals surface area contributed by atoms with Gasteiger partial charge in [0.1, 0.15) is 5.15 Å². The highest BCUT2D eigenvalue weighted by Crippen LogP contribution is 2.23. The molecule has 4 aromatic rings. The minimum atomic E-state index is -0.186. The Morgan fingerprint density at radius 3 is 2.26 bits per heavy atom. The Kier molecular flexibility index (Phi) is 4.30. The molecule has 5 nitrogen and oxygen atoms in total. The van der Waals surface area contributed by atoms with Crippen LogP contribution < -0.4 is 16.1 Å². The van der Waals surface area contributed by atoms with Crippen molar-refractivity contribution in [1.29, 1.82) is 0 Å². The molecular weight excluding hydrogens is 360 g/mol. The molecule has 134 valence electrons. The number of aryl methyl sites for hydroxylation is 1. The number of benzene rings is 2. The molecule has 0 saturated heterocycles. The summed E-state index contributed by atoms with van der Waals surface area (Å²) < 4.78 is 3.13. The van der Waals surface area contributed by atoms with Gasteiger partial charge in [-0.3, -0.25) is 9.89 Å². The number of nitrogens with zero attached hydrogens (tertiary/aromatic N) is 3. The minimum absolute atomic E-state index is 0.186. The zero-order valence-corrected chi connectivity index (χ0v) is 15.4. The fraction of sp³-hybridized carbons (Fsp3) is 0.0476. The quantitative estimate of drug-likeness (QED) is 0.597. The lowest BCUT2D eigenvalue weighted by Gasteiger charge is -2.01. The predicted octanol–water partition coefficient (Wildman–Crippen LogP) is 2.55. The number of nitrogens with one attached hydrogen (secondary N) is 1. The second-order valence-corrected chi connectivity index (χ2v) is 6.52. The fourth-order valence-corrected chi connectivity index (χ4v) is 3.29. The van der Waals surface area contributed by atoms with Crippen LogP contribution in [0.3, 0.4) is 0 Å². The summed E-state index contributed by atoms with van der Waals surface area (Å²) in [4.78, 5) is 12.9. The topological polar surface area (TPSA) is 55.6 Å². The van der Waals surface area contributed by atoms with Crippen LogP contribution in [-0.2, 0) is 0 Å². The average Bonchev–Trinajstić information content (AvgIpc) is 3.14. The van der Waals surface area contributed by atoms with Crippen molar-refractivity contribution in [3.05, 3.63) is 98.0 Å². The minimum Gasteiger partial charge on any atom is -0.291 e. The molecule has 0 aliphatic rings. The van der Waals surface area contributed by atoms with Crippen molar-refractivity contribution in [1.82, 2.24) is 19.6 Å². The smallest absolute Gasteiger partial charge is 0.279 e. The maximum Gasteiger partial charge on any atom is 0.279 e. The molecule has 0 bridgehead atoms. The number of halogens is 1. The first-order valence-electron chi connectivity index (χ1n) is 8.44. The van der Waals surface area contributed by atoms with Gasteiger partial charge in [0.25, 0.3) is 5.56 Å². The number of aromatic nitrogens is 4. The van der Waals surface area contributed by atoms with E-state index < -0.39 is 0 Å². The molecular formula is C21H17ClN4O. The van der Waals surface area contributed by atoms with Crippen molar-refractivity contribution in [2.75, 3.05) is 0 Å². The summed E-state index contributed by atoms with van der Waals surface area (Å²) in [5, 5.41) is 8.96. The van der Waals surface area contributed by atoms with Gasteiger partial charge in [-0.1, -0.05) is 54.6 Å². The number of para-hydroxylation sites is 2. The molecule has 0 unspecified atom stereocenters.